The number of fused-ring (bicyclic) bond motifs is 1. The summed E-state index contributed by atoms with van der Waals surface area (Å²) in [4.78, 5) is 16.0. The fraction of sp³-hybridized carbons (Fsp3) is 0.312. The quantitative estimate of drug-likeness (QED) is 0.755. The van der Waals surface area contributed by atoms with E-state index in [1.807, 2.05) is 37.3 Å². The number of carbonyl (C=O) groups excluding carboxylic acids is 1. The number of benzene rings is 1. The number of hydrogen-bond acceptors (Lipinski definition) is 5. The molecule has 0 aliphatic rings. The highest BCUT2D eigenvalue weighted by atomic mass is 16.5. The molecule has 0 fully saturated rings. The zero-order valence-electron chi connectivity index (χ0n) is 13.0. The number of amides is 2. The Balaban J connectivity index is 1.50. The molecule has 1 atom stereocenters. The first-order valence-electron chi connectivity index (χ1n) is 7.44. The largest absolute Gasteiger partial charge is 0.459 e. The van der Waals surface area contributed by atoms with Crippen LogP contribution in [0.4, 0.5) is 4.79 Å². The molecule has 23 heavy (non-hydrogen) atoms. The molecule has 0 aliphatic carbocycles. The van der Waals surface area contributed by atoms with Gasteiger partial charge in [-0.15, -0.1) is 0 Å². The summed E-state index contributed by atoms with van der Waals surface area (Å²) in [6, 6.07) is 9.18. The Kier molecular flexibility index (Phi) is 4.27. The van der Waals surface area contributed by atoms with Crippen molar-refractivity contribution in [2.45, 2.75) is 26.3 Å². The van der Waals surface area contributed by atoms with Crippen LogP contribution in [0.25, 0.3) is 11.0 Å². The van der Waals surface area contributed by atoms with Crippen molar-refractivity contribution in [3.63, 3.8) is 0 Å². The summed E-state index contributed by atoms with van der Waals surface area (Å²) in [7, 11) is 0. The zero-order chi connectivity index (χ0) is 16.2. The van der Waals surface area contributed by atoms with Crippen LogP contribution in [0, 0.1) is 6.92 Å². The van der Waals surface area contributed by atoms with Gasteiger partial charge in [-0.25, -0.2) is 4.79 Å². The highest BCUT2D eigenvalue weighted by Gasteiger charge is 2.14. The fourth-order valence-electron chi connectivity index (χ4n) is 2.26. The minimum absolute atomic E-state index is 0.229. The first kappa shape index (κ1) is 15.1. The summed E-state index contributed by atoms with van der Waals surface area (Å²) in [5.41, 5.74) is 0.809. The van der Waals surface area contributed by atoms with Gasteiger partial charge in [-0.3, -0.25) is 0 Å². The molecule has 1 aromatic carbocycles. The van der Waals surface area contributed by atoms with Crippen LogP contribution in [0.1, 0.15) is 30.4 Å². The molecule has 120 valence electrons. The van der Waals surface area contributed by atoms with Gasteiger partial charge < -0.3 is 19.6 Å². The summed E-state index contributed by atoms with van der Waals surface area (Å²) in [5, 5.41) is 10.3. The van der Waals surface area contributed by atoms with E-state index in [9.17, 15) is 4.79 Å². The van der Waals surface area contributed by atoms with Crippen molar-refractivity contribution in [3.05, 3.63) is 47.8 Å². The summed E-state index contributed by atoms with van der Waals surface area (Å²) in [5.74, 6) is 1.81. The van der Waals surface area contributed by atoms with Crippen molar-refractivity contribution in [2.75, 3.05) is 6.54 Å². The highest BCUT2D eigenvalue weighted by molar-refractivity contribution is 5.78. The number of aromatic nitrogens is 2. The molecule has 3 aromatic rings. The minimum atomic E-state index is -0.269. The van der Waals surface area contributed by atoms with E-state index in [2.05, 4.69) is 20.8 Å². The standard InChI is InChI=1S/C16H18N4O3/c1-10(14-9-12-5-3-4-6-13(12)22-14)18-16(21)17-8-7-15-19-11(2)20-23-15/h3-6,9-10H,7-8H2,1-2H3,(H2,17,18,21)/t10-/m0/s1. The maximum Gasteiger partial charge on any atom is 0.315 e. The molecule has 0 spiro atoms. The van der Waals surface area contributed by atoms with Crippen molar-refractivity contribution in [2.24, 2.45) is 0 Å². The lowest BCUT2D eigenvalue weighted by molar-refractivity contribution is 0.236. The Morgan fingerprint density at radius 2 is 2.17 bits per heavy atom. The van der Waals surface area contributed by atoms with Gasteiger partial charge in [0.1, 0.15) is 11.3 Å². The van der Waals surface area contributed by atoms with Gasteiger partial charge >= 0.3 is 6.03 Å². The molecule has 0 bridgehead atoms. The molecule has 2 aromatic heterocycles. The number of rotatable bonds is 5. The topological polar surface area (TPSA) is 93.2 Å². The molecule has 7 heteroatoms. The average Bonchev–Trinajstić information content (AvgIpc) is 3.13. The van der Waals surface area contributed by atoms with E-state index in [0.717, 1.165) is 11.0 Å². The molecular formula is C16H18N4O3. The van der Waals surface area contributed by atoms with Crippen molar-refractivity contribution < 1.29 is 13.7 Å². The Labute approximate surface area is 133 Å². The number of furan rings is 1. The predicted molar refractivity (Wildman–Crippen MR) is 83.9 cm³/mol. The first-order chi connectivity index (χ1) is 11.1. The van der Waals surface area contributed by atoms with Crippen molar-refractivity contribution in [3.8, 4) is 0 Å². The van der Waals surface area contributed by atoms with Gasteiger partial charge in [0.25, 0.3) is 0 Å². The third kappa shape index (κ3) is 3.68. The number of urea groups is 1. The molecule has 0 aliphatic heterocycles. The lowest BCUT2D eigenvalue weighted by Gasteiger charge is -2.11. The van der Waals surface area contributed by atoms with Crippen LogP contribution in [0.2, 0.25) is 0 Å². The van der Waals surface area contributed by atoms with Gasteiger partial charge in [0.15, 0.2) is 5.82 Å². The van der Waals surface area contributed by atoms with E-state index in [1.54, 1.807) is 6.92 Å². The summed E-state index contributed by atoms with van der Waals surface area (Å²) in [6.07, 6.45) is 0.493. The molecule has 2 heterocycles. The minimum Gasteiger partial charge on any atom is -0.459 e. The van der Waals surface area contributed by atoms with Crippen LogP contribution in [-0.4, -0.2) is 22.7 Å². The van der Waals surface area contributed by atoms with E-state index in [4.69, 9.17) is 8.94 Å². The van der Waals surface area contributed by atoms with Crippen molar-refractivity contribution in [1.29, 1.82) is 0 Å². The molecular weight excluding hydrogens is 296 g/mol. The molecule has 7 nitrogen and oxygen atoms in total. The molecule has 0 unspecified atom stereocenters. The van der Waals surface area contributed by atoms with Crippen LogP contribution in [0.3, 0.4) is 0 Å². The van der Waals surface area contributed by atoms with Gasteiger partial charge in [0.2, 0.25) is 5.89 Å². The smallest absolute Gasteiger partial charge is 0.315 e. The molecule has 0 saturated heterocycles. The van der Waals surface area contributed by atoms with Gasteiger partial charge in [0, 0.05) is 18.4 Å². The summed E-state index contributed by atoms with van der Waals surface area (Å²) in [6.45, 7) is 4.04. The number of aryl methyl sites for hydroxylation is 1. The van der Waals surface area contributed by atoms with E-state index in [-0.39, 0.29) is 12.1 Å². The number of hydrogen-bond donors (Lipinski definition) is 2. The number of nitrogens with zero attached hydrogens (tertiary/aromatic N) is 2. The number of nitrogens with one attached hydrogen (secondary N) is 2. The van der Waals surface area contributed by atoms with E-state index in [0.29, 0.717) is 30.4 Å². The third-order valence-corrected chi connectivity index (χ3v) is 3.41. The monoisotopic (exact) mass is 314 g/mol. The normalized spacial score (nSPS) is 12.3. The van der Waals surface area contributed by atoms with Crippen LogP contribution in [0.15, 0.2) is 39.3 Å². The lowest BCUT2D eigenvalue weighted by Crippen LogP contribution is -2.37. The third-order valence-electron chi connectivity index (χ3n) is 3.41. The number of carbonyl (C=O) groups is 1. The lowest BCUT2D eigenvalue weighted by atomic mass is 10.2. The summed E-state index contributed by atoms with van der Waals surface area (Å²) < 4.78 is 10.7. The fourth-order valence-corrected chi connectivity index (χ4v) is 2.26. The van der Waals surface area contributed by atoms with Gasteiger partial charge in [-0.2, -0.15) is 4.98 Å². The Morgan fingerprint density at radius 1 is 1.35 bits per heavy atom. The second kappa shape index (κ2) is 6.51. The van der Waals surface area contributed by atoms with Crippen LogP contribution in [0.5, 0.6) is 0 Å². The first-order valence-corrected chi connectivity index (χ1v) is 7.44. The van der Waals surface area contributed by atoms with E-state index < -0.39 is 0 Å². The van der Waals surface area contributed by atoms with Crippen LogP contribution in [-0.2, 0) is 6.42 Å². The van der Waals surface area contributed by atoms with Gasteiger partial charge in [-0.1, -0.05) is 23.4 Å². The van der Waals surface area contributed by atoms with Crippen LogP contribution >= 0.6 is 0 Å². The van der Waals surface area contributed by atoms with Crippen LogP contribution < -0.4 is 10.6 Å². The maximum absolute atomic E-state index is 11.9. The van der Waals surface area contributed by atoms with E-state index in [1.165, 1.54) is 0 Å². The Morgan fingerprint density at radius 3 is 2.91 bits per heavy atom. The highest BCUT2D eigenvalue weighted by Crippen LogP contribution is 2.23. The Hall–Kier alpha value is -2.83. The Bertz CT molecular complexity index is 775. The van der Waals surface area contributed by atoms with Crippen molar-refractivity contribution >= 4 is 17.0 Å². The van der Waals surface area contributed by atoms with Gasteiger partial charge in [0.05, 0.1) is 6.04 Å². The second-order valence-electron chi connectivity index (χ2n) is 5.29. The molecule has 2 amide bonds. The van der Waals surface area contributed by atoms with E-state index >= 15 is 0 Å². The average molecular weight is 314 g/mol. The SMILES string of the molecule is Cc1noc(CCNC(=O)N[C@@H](C)c2cc3ccccc3o2)n1. The summed E-state index contributed by atoms with van der Waals surface area (Å²) >= 11 is 0. The predicted octanol–water partition coefficient (Wildman–Crippen LogP) is 2.73. The molecule has 2 N–H and O–H groups in total. The second-order valence-corrected chi connectivity index (χ2v) is 5.29. The molecule has 0 radical (unpaired) electrons. The molecule has 0 saturated carbocycles. The maximum atomic E-state index is 11.9. The van der Waals surface area contributed by atoms with Crippen molar-refractivity contribution in [1.82, 2.24) is 20.8 Å². The molecule has 3 rings (SSSR count). The number of para-hydroxylation sites is 1. The zero-order valence-corrected chi connectivity index (χ0v) is 13.0. The van der Waals surface area contributed by atoms with Gasteiger partial charge in [-0.05, 0) is 26.0 Å².